The van der Waals surface area contributed by atoms with Crippen LogP contribution in [0.4, 0.5) is 0 Å². The Hall–Kier alpha value is -0.730. The molecule has 0 radical (unpaired) electrons. The number of hydrogen-bond acceptors (Lipinski definition) is 7. The summed E-state index contributed by atoms with van der Waals surface area (Å²) in [5.41, 5.74) is 0. The summed E-state index contributed by atoms with van der Waals surface area (Å²) in [6, 6.07) is 0. The molecule has 0 saturated carbocycles. The Kier molecular flexibility index (Phi) is 12.5. The molecule has 1 N–H and O–H groups in total. The number of rotatable bonds is 13. The highest BCUT2D eigenvalue weighted by molar-refractivity contribution is 5.69. The molecule has 0 aliphatic heterocycles. The van der Waals surface area contributed by atoms with E-state index in [1.807, 2.05) is 11.8 Å². The number of carbonyl (C=O) groups is 1. The molecular formula is C14H29NO6. The standard InChI is InChI=1S/C14H29NO6/c1-12(10-19-3)21-11-13(16)9-15(7-8-18-2)6-5-14(17)20-4/h12-13,16H,5-11H2,1-4H3. The summed E-state index contributed by atoms with van der Waals surface area (Å²) in [7, 11) is 4.59. The summed E-state index contributed by atoms with van der Waals surface area (Å²) >= 11 is 0. The van der Waals surface area contributed by atoms with Gasteiger partial charge in [-0.15, -0.1) is 0 Å². The molecule has 0 fully saturated rings. The maximum atomic E-state index is 11.2. The average Bonchev–Trinajstić information content (AvgIpc) is 2.47. The molecule has 2 atom stereocenters. The molecule has 2 unspecified atom stereocenters. The Labute approximate surface area is 127 Å². The van der Waals surface area contributed by atoms with Gasteiger partial charge in [-0.1, -0.05) is 0 Å². The van der Waals surface area contributed by atoms with Crippen molar-refractivity contribution in [3.05, 3.63) is 0 Å². The number of hydrogen-bond donors (Lipinski definition) is 1. The van der Waals surface area contributed by atoms with Crippen LogP contribution in [0.15, 0.2) is 0 Å². The van der Waals surface area contributed by atoms with Gasteiger partial charge in [0.15, 0.2) is 0 Å². The van der Waals surface area contributed by atoms with Crippen LogP contribution in [0.2, 0.25) is 0 Å². The molecule has 7 heteroatoms. The number of nitrogens with zero attached hydrogens (tertiary/aromatic N) is 1. The maximum Gasteiger partial charge on any atom is 0.306 e. The summed E-state index contributed by atoms with van der Waals surface area (Å²) < 4.78 is 20.1. The van der Waals surface area contributed by atoms with E-state index in [2.05, 4.69) is 4.74 Å². The minimum absolute atomic E-state index is 0.0628. The van der Waals surface area contributed by atoms with E-state index < -0.39 is 6.10 Å². The van der Waals surface area contributed by atoms with Gasteiger partial charge in [0.25, 0.3) is 0 Å². The summed E-state index contributed by atoms with van der Waals surface area (Å²) in [5, 5.41) is 9.99. The number of esters is 1. The first-order valence-corrected chi connectivity index (χ1v) is 7.10. The molecule has 0 spiro atoms. The fraction of sp³-hybridized carbons (Fsp3) is 0.929. The lowest BCUT2D eigenvalue weighted by molar-refractivity contribution is -0.141. The van der Waals surface area contributed by atoms with Gasteiger partial charge in [-0.3, -0.25) is 9.69 Å². The van der Waals surface area contributed by atoms with Crippen LogP contribution in [0, 0.1) is 0 Å². The second kappa shape index (κ2) is 13.0. The second-order valence-corrected chi connectivity index (χ2v) is 4.87. The highest BCUT2D eigenvalue weighted by Gasteiger charge is 2.15. The lowest BCUT2D eigenvalue weighted by atomic mass is 10.3. The summed E-state index contributed by atoms with van der Waals surface area (Å²) in [4.78, 5) is 13.1. The van der Waals surface area contributed by atoms with Crippen molar-refractivity contribution in [1.82, 2.24) is 4.90 Å². The van der Waals surface area contributed by atoms with Crippen LogP contribution in [0.5, 0.6) is 0 Å². The van der Waals surface area contributed by atoms with Crippen molar-refractivity contribution < 1.29 is 28.8 Å². The maximum absolute atomic E-state index is 11.2. The minimum Gasteiger partial charge on any atom is -0.469 e. The van der Waals surface area contributed by atoms with Crippen LogP contribution in [-0.4, -0.2) is 89.0 Å². The van der Waals surface area contributed by atoms with Crippen molar-refractivity contribution in [1.29, 1.82) is 0 Å². The largest absolute Gasteiger partial charge is 0.469 e. The molecule has 0 aromatic rings. The predicted octanol–water partition coefficient (Wildman–Crippen LogP) is -0.0897. The van der Waals surface area contributed by atoms with E-state index in [1.54, 1.807) is 14.2 Å². The molecule has 0 aliphatic rings. The molecular weight excluding hydrogens is 278 g/mol. The fourth-order valence-corrected chi connectivity index (χ4v) is 1.78. The molecule has 0 saturated heterocycles. The number of carbonyl (C=O) groups excluding carboxylic acids is 1. The predicted molar refractivity (Wildman–Crippen MR) is 78.2 cm³/mol. The quantitative estimate of drug-likeness (QED) is 0.476. The van der Waals surface area contributed by atoms with E-state index in [1.165, 1.54) is 7.11 Å². The Balaban J connectivity index is 4.08. The molecule has 126 valence electrons. The van der Waals surface area contributed by atoms with Crippen molar-refractivity contribution in [2.45, 2.75) is 25.6 Å². The van der Waals surface area contributed by atoms with Gasteiger partial charge in [0, 0.05) is 33.9 Å². The summed E-state index contributed by atoms with van der Waals surface area (Å²) in [6.45, 7) is 4.71. The average molecular weight is 307 g/mol. The Morgan fingerprint density at radius 2 is 1.86 bits per heavy atom. The van der Waals surface area contributed by atoms with E-state index in [9.17, 15) is 9.90 Å². The van der Waals surface area contributed by atoms with Crippen LogP contribution in [0.25, 0.3) is 0 Å². The molecule has 0 amide bonds. The van der Waals surface area contributed by atoms with Crippen LogP contribution < -0.4 is 0 Å². The normalized spacial score (nSPS) is 14.2. The lowest BCUT2D eigenvalue weighted by Crippen LogP contribution is -2.39. The topological polar surface area (TPSA) is 77.5 Å². The van der Waals surface area contributed by atoms with Crippen LogP contribution in [0.1, 0.15) is 13.3 Å². The van der Waals surface area contributed by atoms with Gasteiger partial charge < -0.3 is 24.1 Å². The van der Waals surface area contributed by atoms with Crippen molar-refractivity contribution in [3.63, 3.8) is 0 Å². The third-order valence-corrected chi connectivity index (χ3v) is 2.91. The van der Waals surface area contributed by atoms with E-state index in [-0.39, 0.29) is 25.1 Å². The monoisotopic (exact) mass is 307 g/mol. The molecule has 0 aliphatic carbocycles. The van der Waals surface area contributed by atoms with Gasteiger partial charge in [-0.2, -0.15) is 0 Å². The zero-order valence-electron chi connectivity index (χ0n) is 13.5. The van der Waals surface area contributed by atoms with E-state index in [4.69, 9.17) is 14.2 Å². The third kappa shape index (κ3) is 11.6. The first kappa shape index (κ1) is 20.3. The fourth-order valence-electron chi connectivity index (χ4n) is 1.78. The van der Waals surface area contributed by atoms with Crippen molar-refractivity contribution in [2.75, 3.05) is 60.8 Å². The number of methoxy groups -OCH3 is 3. The Morgan fingerprint density at radius 1 is 1.14 bits per heavy atom. The number of aliphatic hydroxyl groups excluding tert-OH is 1. The van der Waals surface area contributed by atoms with Crippen molar-refractivity contribution >= 4 is 5.97 Å². The van der Waals surface area contributed by atoms with Crippen molar-refractivity contribution in [3.8, 4) is 0 Å². The van der Waals surface area contributed by atoms with Crippen LogP contribution >= 0.6 is 0 Å². The van der Waals surface area contributed by atoms with Crippen LogP contribution in [0.3, 0.4) is 0 Å². The van der Waals surface area contributed by atoms with Gasteiger partial charge in [0.1, 0.15) is 0 Å². The Bertz CT molecular complexity index is 264. The molecule has 7 nitrogen and oxygen atoms in total. The smallest absolute Gasteiger partial charge is 0.306 e. The van der Waals surface area contributed by atoms with E-state index >= 15 is 0 Å². The molecule has 21 heavy (non-hydrogen) atoms. The second-order valence-electron chi connectivity index (χ2n) is 4.87. The SMILES string of the molecule is COCCN(CCC(=O)OC)CC(O)COC(C)COC. The molecule has 0 aromatic carbocycles. The molecule has 0 rings (SSSR count). The molecule has 0 bridgehead atoms. The Morgan fingerprint density at radius 3 is 2.43 bits per heavy atom. The number of ether oxygens (including phenoxy) is 4. The molecule has 0 aromatic heterocycles. The lowest BCUT2D eigenvalue weighted by Gasteiger charge is -2.25. The van der Waals surface area contributed by atoms with Gasteiger partial charge in [-0.25, -0.2) is 0 Å². The summed E-state index contributed by atoms with van der Waals surface area (Å²) in [6.07, 6.45) is -0.403. The minimum atomic E-state index is -0.626. The van der Waals surface area contributed by atoms with Gasteiger partial charge in [0.2, 0.25) is 0 Å². The summed E-state index contributed by atoms with van der Waals surface area (Å²) in [5.74, 6) is -0.267. The van der Waals surface area contributed by atoms with E-state index in [0.29, 0.717) is 32.8 Å². The zero-order chi connectivity index (χ0) is 16.1. The van der Waals surface area contributed by atoms with Gasteiger partial charge in [0.05, 0.1) is 45.6 Å². The number of aliphatic hydroxyl groups is 1. The van der Waals surface area contributed by atoms with Gasteiger partial charge in [-0.05, 0) is 6.92 Å². The highest BCUT2D eigenvalue weighted by atomic mass is 16.5. The first-order valence-electron chi connectivity index (χ1n) is 7.10. The van der Waals surface area contributed by atoms with E-state index in [0.717, 1.165) is 0 Å². The highest BCUT2D eigenvalue weighted by Crippen LogP contribution is 2.00. The zero-order valence-corrected chi connectivity index (χ0v) is 13.5. The van der Waals surface area contributed by atoms with Crippen LogP contribution in [-0.2, 0) is 23.7 Å². The third-order valence-electron chi connectivity index (χ3n) is 2.91. The van der Waals surface area contributed by atoms with Crippen molar-refractivity contribution in [2.24, 2.45) is 0 Å². The molecule has 0 heterocycles. The first-order chi connectivity index (χ1) is 10.0. The van der Waals surface area contributed by atoms with Gasteiger partial charge >= 0.3 is 5.97 Å².